The number of ether oxygens (including phenoxy) is 2. The molecule has 10 heteroatoms. The van der Waals surface area contributed by atoms with E-state index in [1.807, 2.05) is 0 Å². The molecule has 77 heavy (non-hydrogen) atoms. The molecule has 0 heterocycles. The van der Waals surface area contributed by atoms with Crippen molar-refractivity contribution in [1.82, 2.24) is 0 Å². The molecule has 9 nitrogen and oxygen atoms in total. The van der Waals surface area contributed by atoms with Crippen molar-refractivity contribution in [2.75, 3.05) is 26.4 Å². The molecule has 0 aliphatic rings. The Morgan fingerprint density at radius 3 is 1.06 bits per heavy atom. The molecule has 442 valence electrons. The third kappa shape index (κ3) is 61.7. The van der Waals surface area contributed by atoms with Crippen LogP contribution in [0.3, 0.4) is 0 Å². The number of unbranched alkanes of at least 4 members (excludes halogenated alkanes) is 27. The van der Waals surface area contributed by atoms with Gasteiger partial charge in [0, 0.05) is 19.4 Å². The topological polar surface area (TPSA) is 134 Å². The van der Waals surface area contributed by atoms with Gasteiger partial charge >= 0.3 is 19.8 Å². The lowest BCUT2D eigenvalue weighted by Gasteiger charge is -2.19. The van der Waals surface area contributed by atoms with Crippen LogP contribution in [0.4, 0.5) is 0 Å². The van der Waals surface area contributed by atoms with Crippen LogP contribution in [0.5, 0.6) is 0 Å². The predicted octanol–water partition coefficient (Wildman–Crippen LogP) is 20.2. The standard InChI is InChI=1S/C67H116NO8P/c1-3-5-7-9-11-13-15-17-19-21-23-25-27-29-31-32-34-36-38-40-42-44-46-48-50-52-54-56-58-60-67(70)76-65(64-75-77(71,72)74-62-61-68)63-73-66(69)59-57-55-53-51-49-47-45-43-41-39-37-35-33-30-28-26-24-22-20-18-16-14-12-10-8-6-4-2/h5,7,11,13,16-19,22-25,29,31,34,36,40,42,65H,3-4,6,8-10,12,14-15,20-21,26-28,30,32-33,35,37-39,41,43-64,68H2,1-2H3,(H,71,72)/b7-5-,13-11-,18-16-,19-17-,24-22-,25-23-,31-29-,36-34-,42-40-. The highest BCUT2D eigenvalue weighted by atomic mass is 31.2. The minimum Gasteiger partial charge on any atom is -0.462 e. The number of carbonyl (C=O) groups excluding carboxylic acids is 2. The second-order valence-electron chi connectivity index (χ2n) is 20.5. The van der Waals surface area contributed by atoms with Gasteiger partial charge in [-0.15, -0.1) is 0 Å². The van der Waals surface area contributed by atoms with Gasteiger partial charge in [0.25, 0.3) is 0 Å². The van der Waals surface area contributed by atoms with E-state index in [2.05, 4.69) is 123 Å². The fourth-order valence-corrected chi connectivity index (χ4v) is 9.30. The first-order valence-electron chi connectivity index (χ1n) is 31.4. The van der Waals surface area contributed by atoms with Gasteiger partial charge in [-0.25, -0.2) is 4.57 Å². The Morgan fingerprint density at radius 1 is 0.403 bits per heavy atom. The van der Waals surface area contributed by atoms with E-state index >= 15 is 0 Å². The van der Waals surface area contributed by atoms with Crippen LogP contribution in [-0.2, 0) is 32.7 Å². The fraction of sp³-hybridized carbons (Fsp3) is 0.701. The van der Waals surface area contributed by atoms with Crippen molar-refractivity contribution in [3.63, 3.8) is 0 Å². The third-order valence-electron chi connectivity index (χ3n) is 13.1. The zero-order valence-electron chi connectivity index (χ0n) is 49.4. The average molecular weight is 1090 g/mol. The first-order chi connectivity index (χ1) is 37.8. The first-order valence-corrected chi connectivity index (χ1v) is 32.9. The van der Waals surface area contributed by atoms with E-state index in [1.165, 1.54) is 141 Å². The molecule has 0 aromatic heterocycles. The number of hydrogen-bond acceptors (Lipinski definition) is 8. The maximum absolute atomic E-state index is 12.7. The van der Waals surface area contributed by atoms with Crippen molar-refractivity contribution in [1.29, 1.82) is 0 Å². The molecule has 0 rings (SSSR count). The third-order valence-corrected chi connectivity index (χ3v) is 14.1. The highest BCUT2D eigenvalue weighted by Gasteiger charge is 2.26. The van der Waals surface area contributed by atoms with Crippen molar-refractivity contribution < 1.29 is 37.6 Å². The molecule has 0 fully saturated rings. The summed E-state index contributed by atoms with van der Waals surface area (Å²) in [4.78, 5) is 35.3. The van der Waals surface area contributed by atoms with Gasteiger partial charge in [-0.2, -0.15) is 0 Å². The average Bonchev–Trinajstić information content (AvgIpc) is 3.42. The monoisotopic (exact) mass is 1090 g/mol. The summed E-state index contributed by atoms with van der Waals surface area (Å²) < 4.78 is 33.1. The summed E-state index contributed by atoms with van der Waals surface area (Å²) >= 11 is 0. The van der Waals surface area contributed by atoms with Crippen molar-refractivity contribution >= 4 is 19.8 Å². The number of allylic oxidation sites excluding steroid dienone is 18. The quantitative estimate of drug-likeness (QED) is 0.0264. The van der Waals surface area contributed by atoms with Crippen LogP contribution in [0.1, 0.15) is 271 Å². The highest BCUT2D eigenvalue weighted by molar-refractivity contribution is 7.47. The van der Waals surface area contributed by atoms with Gasteiger partial charge in [0.05, 0.1) is 13.2 Å². The Balaban J connectivity index is 3.99. The van der Waals surface area contributed by atoms with Crippen LogP contribution < -0.4 is 5.73 Å². The van der Waals surface area contributed by atoms with E-state index in [1.54, 1.807) is 0 Å². The summed E-state index contributed by atoms with van der Waals surface area (Å²) in [5, 5.41) is 0. The SMILES string of the molecule is CC/C=C\C/C=C\C/C=C\C/C=C\C/C=C\C/C=C\C/C=C\CCCCCCCCCC(=O)OC(COC(=O)CCCCCCCCCCCCCCCCC/C=C\C/C=C\CCCCCCC)COP(=O)(O)OCCN. The number of phosphoric acid groups is 1. The number of carbonyl (C=O) groups is 2. The molecule has 0 aromatic carbocycles. The van der Waals surface area contributed by atoms with Crippen LogP contribution >= 0.6 is 7.82 Å². The largest absolute Gasteiger partial charge is 0.472 e. The molecule has 2 unspecified atom stereocenters. The van der Waals surface area contributed by atoms with Gasteiger partial charge in [0.1, 0.15) is 6.61 Å². The van der Waals surface area contributed by atoms with Crippen LogP contribution in [0.2, 0.25) is 0 Å². The fourth-order valence-electron chi connectivity index (χ4n) is 8.53. The predicted molar refractivity (Wildman–Crippen MR) is 330 cm³/mol. The summed E-state index contributed by atoms with van der Waals surface area (Å²) in [5.74, 6) is -0.840. The van der Waals surface area contributed by atoms with Crippen molar-refractivity contribution in [3.8, 4) is 0 Å². The Labute approximate surface area is 473 Å². The van der Waals surface area contributed by atoms with Gasteiger partial charge in [-0.05, 0) is 103 Å². The molecule has 0 aliphatic carbocycles. The van der Waals surface area contributed by atoms with Crippen LogP contribution in [0.25, 0.3) is 0 Å². The molecular weight excluding hydrogens is 978 g/mol. The van der Waals surface area contributed by atoms with E-state index < -0.39 is 26.5 Å². The Bertz CT molecular complexity index is 1630. The maximum atomic E-state index is 12.7. The van der Waals surface area contributed by atoms with Crippen LogP contribution in [-0.4, -0.2) is 49.3 Å². The molecular formula is C67H116NO8P. The molecule has 0 aromatic rings. The number of phosphoric ester groups is 1. The second-order valence-corrected chi connectivity index (χ2v) is 22.0. The molecule has 0 radical (unpaired) electrons. The number of nitrogens with two attached hydrogens (primary N) is 1. The minimum atomic E-state index is -4.40. The van der Waals surface area contributed by atoms with E-state index in [-0.39, 0.29) is 38.6 Å². The minimum absolute atomic E-state index is 0.0466. The molecule has 2 atom stereocenters. The lowest BCUT2D eigenvalue weighted by Crippen LogP contribution is -2.29. The summed E-state index contributed by atoms with van der Waals surface area (Å²) in [6.45, 7) is 3.62. The summed E-state index contributed by atoms with van der Waals surface area (Å²) in [6.07, 6.45) is 84.3. The normalized spacial score (nSPS) is 13.8. The number of hydrogen-bond donors (Lipinski definition) is 2. The van der Waals surface area contributed by atoms with E-state index in [0.29, 0.717) is 6.42 Å². The molecule has 3 N–H and O–H groups in total. The van der Waals surface area contributed by atoms with E-state index in [4.69, 9.17) is 24.3 Å². The Kier molecular flexibility index (Phi) is 59.2. The van der Waals surface area contributed by atoms with Gasteiger partial charge in [0.2, 0.25) is 0 Å². The van der Waals surface area contributed by atoms with Crippen molar-refractivity contribution in [2.45, 2.75) is 277 Å². The zero-order chi connectivity index (χ0) is 55.9. The van der Waals surface area contributed by atoms with Gasteiger partial charge in [-0.1, -0.05) is 264 Å². The summed E-state index contributed by atoms with van der Waals surface area (Å²) in [6, 6.07) is 0. The molecule has 0 aliphatic heterocycles. The van der Waals surface area contributed by atoms with Gasteiger partial charge in [-0.3, -0.25) is 18.6 Å². The zero-order valence-corrected chi connectivity index (χ0v) is 50.3. The second kappa shape index (κ2) is 61.9. The number of esters is 2. The molecule has 0 spiro atoms. The molecule has 0 saturated carbocycles. The Hall–Kier alpha value is -3.33. The first kappa shape index (κ1) is 73.7. The van der Waals surface area contributed by atoms with E-state index in [9.17, 15) is 19.0 Å². The maximum Gasteiger partial charge on any atom is 0.472 e. The van der Waals surface area contributed by atoms with E-state index in [0.717, 1.165) is 96.3 Å². The summed E-state index contributed by atoms with van der Waals surface area (Å²) in [7, 11) is -4.40. The van der Waals surface area contributed by atoms with Gasteiger partial charge < -0.3 is 20.1 Å². The van der Waals surface area contributed by atoms with Crippen molar-refractivity contribution in [3.05, 3.63) is 109 Å². The molecule has 0 bridgehead atoms. The Morgan fingerprint density at radius 2 is 0.714 bits per heavy atom. The van der Waals surface area contributed by atoms with Crippen LogP contribution in [0.15, 0.2) is 109 Å². The lowest BCUT2D eigenvalue weighted by atomic mass is 10.0. The van der Waals surface area contributed by atoms with Crippen molar-refractivity contribution in [2.24, 2.45) is 5.73 Å². The van der Waals surface area contributed by atoms with Gasteiger partial charge in [0.15, 0.2) is 6.10 Å². The molecule has 0 amide bonds. The summed E-state index contributed by atoms with van der Waals surface area (Å²) in [5.41, 5.74) is 5.39. The lowest BCUT2D eigenvalue weighted by molar-refractivity contribution is -0.161. The molecule has 0 saturated heterocycles. The highest BCUT2D eigenvalue weighted by Crippen LogP contribution is 2.43. The van der Waals surface area contributed by atoms with Crippen LogP contribution in [0, 0.1) is 0 Å². The number of rotatable bonds is 58. The smallest absolute Gasteiger partial charge is 0.462 e.